The number of aryl methyl sites for hydroxylation is 1. The highest BCUT2D eigenvalue weighted by Gasteiger charge is 2.22. The van der Waals surface area contributed by atoms with E-state index in [1.54, 1.807) is 12.5 Å². The maximum absolute atomic E-state index is 13.0. The maximum Gasteiger partial charge on any atom is 0.224 e. The van der Waals surface area contributed by atoms with Gasteiger partial charge in [0, 0.05) is 18.5 Å². The van der Waals surface area contributed by atoms with E-state index in [4.69, 9.17) is 0 Å². The Bertz CT molecular complexity index is 879. The van der Waals surface area contributed by atoms with Crippen LogP contribution in [0.3, 0.4) is 0 Å². The van der Waals surface area contributed by atoms with E-state index in [9.17, 15) is 9.59 Å². The average Bonchev–Trinajstić information content (AvgIpc) is 3.30. The van der Waals surface area contributed by atoms with Gasteiger partial charge in [-0.2, -0.15) is 0 Å². The van der Waals surface area contributed by atoms with Crippen molar-refractivity contribution in [3.05, 3.63) is 90.0 Å². The number of unbranched alkanes of at least 4 members (excludes halogenated alkanes) is 1. The fraction of sp³-hybridized carbons (Fsp3) is 0.320. The molecule has 0 bridgehead atoms. The lowest BCUT2D eigenvalue weighted by Crippen LogP contribution is -2.41. The second kappa shape index (κ2) is 11.7. The molecule has 1 heterocycles. The summed E-state index contributed by atoms with van der Waals surface area (Å²) in [5.41, 5.74) is 3.17. The van der Waals surface area contributed by atoms with E-state index in [2.05, 4.69) is 39.6 Å². The van der Waals surface area contributed by atoms with E-state index < -0.39 is 6.04 Å². The van der Waals surface area contributed by atoms with E-state index in [1.165, 1.54) is 5.56 Å². The Kier molecular flexibility index (Phi) is 8.39. The first-order valence-corrected chi connectivity index (χ1v) is 10.5. The number of carbonyl (C=O) groups is 1. The third kappa shape index (κ3) is 6.99. The van der Waals surface area contributed by atoms with Crippen LogP contribution in [0.25, 0.3) is 0 Å². The summed E-state index contributed by atoms with van der Waals surface area (Å²) in [6.45, 7) is 0. The summed E-state index contributed by atoms with van der Waals surface area (Å²) >= 11 is 0. The lowest BCUT2D eigenvalue weighted by molar-refractivity contribution is -0.125. The van der Waals surface area contributed by atoms with Gasteiger partial charge in [-0.05, 0) is 36.8 Å². The summed E-state index contributed by atoms with van der Waals surface area (Å²) in [6.07, 6.45) is 9.99. The first kappa shape index (κ1) is 21.5. The summed E-state index contributed by atoms with van der Waals surface area (Å²) in [4.78, 5) is 31.4. The Morgan fingerprint density at radius 3 is 2.30 bits per heavy atom. The van der Waals surface area contributed by atoms with Crippen molar-refractivity contribution in [2.24, 2.45) is 5.92 Å². The van der Waals surface area contributed by atoms with Crippen molar-refractivity contribution in [2.75, 3.05) is 0 Å². The minimum absolute atomic E-state index is 0.0950. The molecule has 0 saturated heterocycles. The third-order valence-electron chi connectivity index (χ3n) is 5.23. The zero-order valence-electron chi connectivity index (χ0n) is 17.1. The third-order valence-corrected chi connectivity index (χ3v) is 5.23. The smallest absolute Gasteiger partial charge is 0.224 e. The summed E-state index contributed by atoms with van der Waals surface area (Å²) < 4.78 is 0. The van der Waals surface area contributed by atoms with Gasteiger partial charge in [-0.3, -0.25) is 9.59 Å². The van der Waals surface area contributed by atoms with Crippen molar-refractivity contribution in [1.82, 2.24) is 15.3 Å². The Morgan fingerprint density at radius 1 is 0.967 bits per heavy atom. The van der Waals surface area contributed by atoms with Gasteiger partial charge in [0.25, 0.3) is 0 Å². The molecule has 5 heteroatoms. The number of amides is 1. The van der Waals surface area contributed by atoms with Gasteiger partial charge in [0.15, 0.2) is 0 Å². The summed E-state index contributed by atoms with van der Waals surface area (Å²) in [7, 11) is 0. The molecular formula is C25H28N3O2. The standard InChI is InChI=1S/C25H28N3O2/c29-18-24(16-23-17-26-19-27-23)28-25(30)22(15-21-12-5-2-6-13-21)14-8-7-11-20-9-3-1-4-10-20/h1-6,9-10,12-13,17,19,22,24H,7-8,11,14-16H2,(H,26,27)(H,28,30). The van der Waals surface area contributed by atoms with Gasteiger partial charge < -0.3 is 10.3 Å². The van der Waals surface area contributed by atoms with Crippen molar-refractivity contribution >= 4 is 12.2 Å². The lowest BCUT2D eigenvalue weighted by Gasteiger charge is -2.19. The van der Waals surface area contributed by atoms with Gasteiger partial charge in [-0.15, -0.1) is 0 Å². The number of rotatable bonds is 12. The molecule has 1 amide bonds. The molecule has 0 fully saturated rings. The molecule has 2 atom stereocenters. The molecule has 0 aliphatic heterocycles. The van der Waals surface area contributed by atoms with E-state index in [0.717, 1.165) is 36.9 Å². The highest BCUT2D eigenvalue weighted by molar-refractivity contribution is 5.82. The minimum Gasteiger partial charge on any atom is -0.351 e. The number of aromatic nitrogens is 2. The van der Waals surface area contributed by atoms with E-state index in [-0.39, 0.29) is 11.8 Å². The Balaban J connectivity index is 1.57. The van der Waals surface area contributed by atoms with Crippen LogP contribution < -0.4 is 5.32 Å². The molecule has 30 heavy (non-hydrogen) atoms. The maximum atomic E-state index is 13.0. The van der Waals surface area contributed by atoms with E-state index in [1.807, 2.05) is 42.7 Å². The van der Waals surface area contributed by atoms with Crippen molar-refractivity contribution in [3.63, 3.8) is 0 Å². The van der Waals surface area contributed by atoms with Crippen LogP contribution in [0.2, 0.25) is 0 Å². The molecule has 2 aromatic carbocycles. The molecule has 155 valence electrons. The number of H-pyrrole nitrogens is 1. The van der Waals surface area contributed by atoms with Crippen LogP contribution in [0.15, 0.2) is 73.2 Å². The summed E-state index contributed by atoms with van der Waals surface area (Å²) in [5, 5.41) is 2.87. The molecule has 3 rings (SSSR count). The normalized spacial score (nSPS) is 12.8. The molecule has 0 aliphatic carbocycles. The summed E-state index contributed by atoms with van der Waals surface area (Å²) in [5.74, 6) is -0.277. The van der Waals surface area contributed by atoms with Crippen molar-refractivity contribution in [2.45, 2.75) is 44.6 Å². The van der Waals surface area contributed by atoms with Gasteiger partial charge in [0.05, 0.1) is 12.0 Å². The molecule has 0 spiro atoms. The largest absolute Gasteiger partial charge is 0.351 e. The molecule has 1 radical (unpaired) electrons. The Hall–Kier alpha value is -3.21. The van der Waals surface area contributed by atoms with Crippen LogP contribution in [0.1, 0.15) is 36.1 Å². The number of hydrogen-bond donors (Lipinski definition) is 2. The first-order chi connectivity index (χ1) is 14.7. The van der Waals surface area contributed by atoms with Gasteiger partial charge in [-0.1, -0.05) is 67.1 Å². The number of aromatic amines is 1. The topological polar surface area (TPSA) is 74.8 Å². The van der Waals surface area contributed by atoms with Crippen molar-refractivity contribution in [1.29, 1.82) is 0 Å². The molecule has 0 saturated carbocycles. The number of benzene rings is 2. The van der Waals surface area contributed by atoms with Crippen LogP contribution in [0, 0.1) is 5.92 Å². The van der Waals surface area contributed by atoms with Crippen LogP contribution in [0.5, 0.6) is 0 Å². The van der Waals surface area contributed by atoms with Crippen LogP contribution >= 0.6 is 0 Å². The zero-order valence-corrected chi connectivity index (χ0v) is 17.1. The Morgan fingerprint density at radius 2 is 1.67 bits per heavy atom. The molecule has 0 aliphatic rings. The van der Waals surface area contributed by atoms with Crippen molar-refractivity contribution < 1.29 is 9.59 Å². The fourth-order valence-electron chi connectivity index (χ4n) is 3.61. The predicted molar refractivity (Wildman–Crippen MR) is 118 cm³/mol. The van der Waals surface area contributed by atoms with Gasteiger partial charge in [-0.25, -0.2) is 4.98 Å². The monoisotopic (exact) mass is 402 g/mol. The highest BCUT2D eigenvalue weighted by atomic mass is 16.2. The van der Waals surface area contributed by atoms with Gasteiger partial charge in [0.2, 0.25) is 12.2 Å². The van der Waals surface area contributed by atoms with Gasteiger partial charge in [0.1, 0.15) is 6.04 Å². The van der Waals surface area contributed by atoms with Crippen molar-refractivity contribution in [3.8, 4) is 0 Å². The minimum atomic E-state index is -0.691. The average molecular weight is 403 g/mol. The number of carbonyl (C=O) groups excluding carboxylic acids is 2. The predicted octanol–water partition coefficient (Wildman–Crippen LogP) is 3.82. The van der Waals surface area contributed by atoms with Gasteiger partial charge >= 0.3 is 0 Å². The first-order valence-electron chi connectivity index (χ1n) is 10.5. The van der Waals surface area contributed by atoms with Crippen LogP contribution in [-0.4, -0.2) is 28.2 Å². The van der Waals surface area contributed by atoms with Crippen LogP contribution in [-0.2, 0) is 28.9 Å². The molecule has 2 N–H and O–H groups in total. The number of hydrogen-bond acceptors (Lipinski definition) is 3. The SMILES string of the molecule is O=[C]C(Cc1c[nH]cn1)NC(=O)C(CCCCc1ccccc1)Cc1ccccc1. The molecular weight excluding hydrogens is 374 g/mol. The quantitative estimate of drug-likeness (QED) is 0.452. The Labute approximate surface area is 177 Å². The second-order valence-electron chi connectivity index (χ2n) is 7.56. The lowest BCUT2D eigenvalue weighted by atomic mass is 9.92. The fourth-order valence-corrected chi connectivity index (χ4v) is 3.61. The highest BCUT2D eigenvalue weighted by Crippen LogP contribution is 2.18. The molecule has 2 unspecified atom stereocenters. The molecule has 3 aromatic rings. The second-order valence-corrected chi connectivity index (χ2v) is 7.56. The van der Waals surface area contributed by atoms with E-state index >= 15 is 0 Å². The summed E-state index contributed by atoms with van der Waals surface area (Å²) in [6, 6.07) is 19.7. The van der Waals surface area contributed by atoms with E-state index in [0.29, 0.717) is 12.8 Å². The number of imidazole rings is 1. The number of nitrogens with zero attached hydrogens (tertiary/aromatic N) is 1. The zero-order chi connectivity index (χ0) is 21.0. The molecule has 1 aromatic heterocycles. The van der Waals surface area contributed by atoms with Crippen LogP contribution in [0.4, 0.5) is 0 Å². The molecule has 5 nitrogen and oxygen atoms in total. The number of nitrogens with one attached hydrogen (secondary N) is 2.